The maximum Gasteiger partial charge on any atom is 0.00891 e. The van der Waals surface area contributed by atoms with Gasteiger partial charge in [0.2, 0.25) is 0 Å². The van der Waals surface area contributed by atoms with Gasteiger partial charge in [-0.2, -0.15) is 0 Å². The Hall–Kier alpha value is -0.820. The van der Waals surface area contributed by atoms with Crippen molar-refractivity contribution < 1.29 is 0 Å². The molecular weight excluding hydrogens is 350 g/mol. The summed E-state index contributed by atoms with van der Waals surface area (Å²) in [5.74, 6) is 0. The molecule has 29 heavy (non-hydrogen) atoms. The summed E-state index contributed by atoms with van der Waals surface area (Å²) in [6.07, 6.45) is 35.5. The third kappa shape index (κ3) is 21.7. The largest absolute Gasteiger partial charge is 0.306 e. The minimum Gasteiger partial charge on any atom is -0.306 e. The molecule has 1 nitrogen and oxygen atoms in total. The maximum absolute atomic E-state index is 3.82. The van der Waals surface area contributed by atoms with Crippen LogP contribution in [0.2, 0.25) is 0 Å². The van der Waals surface area contributed by atoms with Crippen LogP contribution < -0.4 is 0 Å². The van der Waals surface area contributed by atoms with Gasteiger partial charge in [0.1, 0.15) is 0 Å². The third-order valence-electron chi connectivity index (χ3n) is 5.91. The van der Waals surface area contributed by atoms with Crippen LogP contribution >= 0.6 is 0 Å². The number of unbranched alkanes of at least 4 members (excludes halogenated alkanes) is 12. The Morgan fingerprint density at radius 1 is 0.621 bits per heavy atom. The Kier molecular flexibility index (Phi) is 22.8. The van der Waals surface area contributed by atoms with E-state index in [4.69, 9.17) is 0 Å². The number of hydrogen-bond acceptors (Lipinski definition) is 1. The SMILES string of the molecule is C=CCCCCC(CCCCCCCCCC=CC/C=C\CCCCC)N(C)C. The fourth-order valence-corrected chi connectivity index (χ4v) is 3.87. The molecule has 0 aromatic rings. The van der Waals surface area contributed by atoms with Crippen LogP contribution in [0.25, 0.3) is 0 Å². The van der Waals surface area contributed by atoms with Crippen molar-refractivity contribution in [1.82, 2.24) is 4.90 Å². The van der Waals surface area contributed by atoms with Crippen molar-refractivity contribution in [1.29, 1.82) is 0 Å². The highest BCUT2D eigenvalue weighted by Gasteiger charge is 2.10. The predicted octanol–water partition coefficient (Wildman–Crippen LogP) is 9.26. The van der Waals surface area contributed by atoms with Gasteiger partial charge in [0.25, 0.3) is 0 Å². The Balaban J connectivity index is 3.42. The van der Waals surface area contributed by atoms with Gasteiger partial charge in [-0.1, -0.05) is 95.1 Å². The van der Waals surface area contributed by atoms with E-state index >= 15 is 0 Å². The minimum absolute atomic E-state index is 0.776. The van der Waals surface area contributed by atoms with Crippen molar-refractivity contribution in [3.8, 4) is 0 Å². The van der Waals surface area contributed by atoms with Crippen molar-refractivity contribution >= 4 is 0 Å². The zero-order valence-corrected chi connectivity index (χ0v) is 20.3. The summed E-state index contributed by atoms with van der Waals surface area (Å²) in [6, 6.07) is 0.776. The molecule has 170 valence electrons. The van der Waals surface area contributed by atoms with Gasteiger partial charge in [-0.15, -0.1) is 6.58 Å². The first-order valence-corrected chi connectivity index (χ1v) is 12.8. The van der Waals surface area contributed by atoms with Crippen LogP contribution in [-0.2, 0) is 0 Å². The van der Waals surface area contributed by atoms with E-state index in [9.17, 15) is 0 Å². The van der Waals surface area contributed by atoms with E-state index in [1.165, 1.54) is 109 Å². The standard InChI is InChI=1S/C28H53N/c1-5-7-9-11-12-13-14-15-16-17-18-19-20-21-22-23-25-27-28(29(3)4)26-24-10-8-6-2/h6,12-13,15-16,28H,2,5,7-11,14,17-27H2,1,3-4H3/b13-12-,16-15?. The molecular formula is C28H53N. The molecule has 0 aromatic heterocycles. The highest BCUT2D eigenvalue weighted by Crippen LogP contribution is 2.16. The second-order valence-electron chi connectivity index (χ2n) is 8.92. The van der Waals surface area contributed by atoms with E-state index in [1.807, 2.05) is 0 Å². The molecule has 0 aliphatic carbocycles. The average Bonchev–Trinajstić information content (AvgIpc) is 2.71. The Labute approximate surface area is 184 Å². The predicted molar refractivity (Wildman–Crippen MR) is 135 cm³/mol. The van der Waals surface area contributed by atoms with Gasteiger partial charge in [-0.3, -0.25) is 0 Å². The van der Waals surface area contributed by atoms with Crippen LogP contribution in [0, 0.1) is 0 Å². The molecule has 0 bridgehead atoms. The number of allylic oxidation sites excluding steroid dienone is 5. The second-order valence-corrected chi connectivity index (χ2v) is 8.92. The monoisotopic (exact) mass is 403 g/mol. The molecule has 1 atom stereocenters. The van der Waals surface area contributed by atoms with Crippen LogP contribution in [0.5, 0.6) is 0 Å². The molecule has 0 aliphatic rings. The first-order valence-electron chi connectivity index (χ1n) is 12.8. The normalized spacial score (nSPS) is 13.1. The lowest BCUT2D eigenvalue weighted by Gasteiger charge is -2.24. The van der Waals surface area contributed by atoms with E-state index in [-0.39, 0.29) is 0 Å². The smallest absolute Gasteiger partial charge is 0.00891 e. The van der Waals surface area contributed by atoms with E-state index in [0.717, 1.165) is 12.5 Å². The molecule has 1 unspecified atom stereocenters. The maximum atomic E-state index is 3.82. The third-order valence-corrected chi connectivity index (χ3v) is 5.91. The van der Waals surface area contributed by atoms with E-state index in [2.05, 4.69) is 62.9 Å². The van der Waals surface area contributed by atoms with Crippen molar-refractivity contribution in [2.75, 3.05) is 14.1 Å². The lowest BCUT2D eigenvalue weighted by Crippen LogP contribution is -2.27. The number of hydrogen-bond donors (Lipinski definition) is 0. The summed E-state index contributed by atoms with van der Waals surface area (Å²) >= 11 is 0. The lowest BCUT2D eigenvalue weighted by molar-refractivity contribution is 0.252. The molecule has 0 saturated carbocycles. The molecule has 0 heterocycles. The molecule has 0 radical (unpaired) electrons. The van der Waals surface area contributed by atoms with Crippen molar-refractivity contribution in [3.63, 3.8) is 0 Å². The molecule has 0 saturated heterocycles. The molecule has 0 spiro atoms. The van der Waals surface area contributed by atoms with Crippen molar-refractivity contribution in [2.45, 2.75) is 129 Å². The molecule has 1 heteroatoms. The van der Waals surface area contributed by atoms with Crippen LogP contribution in [0.3, 0.4) is 0 Å². The van der Waals surface area contributed by atoms with Gasteiger partial charge < -0.3 is 4.90 Å². The topological polar surface area (TPSA) is 3.24 Å². The molecule has 0 N–H and O–H groups in total. The van der Waals surface area contributed by atoms with Crippen molar-refractivity contribution in [2.24, 2.45) is 0 Å². The molecule has 0 amide bonds. The minimum atomic E-state index is 0.776. The quantitative estimate of drug-likeness (QED) is 0.128. The Bertz CT molecular complexity index is 380. The van der Waals surface area contributed by atoms with Gasteiger partial charge in [0.05, 0.1) is 0 Å². The summed E-state index contributed by atoms with van der Waals surface area (Å²) < 4.78 is 0. The van der Waals surface area contributed by atoms with Crippen molar-refractivity contribution in [3.05, 3.63) is 37.0 Å². The highest BCUT2D eigenvalue weighted by atomic mass is 15.1. The zero-order valence-electron chi connectivity index (χ0n) is 20.3. The molecule has 0 aromatic carbocycles. The first-order chi connectivity index (χ1) is 14.2. The van der Waals surface area contributed by atoms with Gasteiger partial charge in [-0.05, 0) is 71.9 Å². The number of nitrogens with zero attached hydrogens (tertiary/aromatic N) is 1. The summed E-state index contributed by atoms with van der Waals surface area (Å²) in [6.45, 7) is 6.09. The summed E-state index contributed by atoms with van der Waals surface area (Å²) in [7, 11) is 4.49. The van der Waals surface area contributed by atoms with Crippen LogP contribution in [0.15, 0.2) is 37.0 Å². The zero-order chi connectivity index (χ0) is 21.4. The highest BCUT2D eigenvalue weighted by molar-refractivity contribution is 4.92. The van der Waals surface area contributed by atoms with Gasteiger partial charge >= 0.3 is 0 Å². The van der Waals surface area contributed by atoms with Crippen LogP contribution in [0.4, 0.5) is 0 Å². The van der Waals surface area contributed by atoms with Crippen LogP contribution in [-0.4, -0.2) is 25.0 Å². The fraction of sp³-hybridized carbons (Fsp3) is 0.786. The van der Waals surface area contributed by atoms with E-state index < -0.39 is 0 Å². The van der Waals surface area contributed by atoms with Crippen LogP contribution in [0.1, 0.15) is 122 Å². The van der Waals surface area contributed by atoms with Gasteiger partial charge in [0.15, 0.2) is 0 Å². The summed E-state index contributed by atoms with van der Waals surface area (Å²) in [5.41, 5.74) is 0. The molecule has 0 rings (SSSR count). The lowest BCUT2D eigenvalue weighted by atomic mass is 10.00. The summed E-state index contributed by atoms with van der Waals surface area (Å²) in [4.78, 5) is 2.43. The second kappa shape index (κ2) is 23.5. The van der Waals surface area contributed by atoms with E-state index in [0.29, 0.717) is 0 Å². The van der Waals surface area contributed by atoms with E-state index in [1.54, 1.807) is 0 Å². The Morgan fingerprint density at radius 3 is 1.66 bits per heavy atom. The molecule has 0 fully saturated rings. The number of rotatable bonds is 22. The molecule has 0 aliphatic heterocycles. The van der Waals surface area contributed by atoms with Gasteiger partial charge in [-0.25, -0.2) is 0 Å². The fourth-order valence-electron chi connectivity index (χ4n) is 3.87. The first kappa shape index (κ1) is 28.2. The summed E-state index contributed by atoms with van der Waals surface area (Å²) in [5, 5.41) is 0. The Morgan fingerprint density at radius 2 is 1.10 bits per heavy atom. The average molecular weight is 404 g/mol. The van der Waals surface area contributed by atoms with Gasteiger partial charge in [0, 0.05) is 6.04 Å².